The first-order chi connectivity index (χ1) is 17.7. The molecule has 0 saturated carbocycles. The fourth-order valence-corrected chi connectivity index (χ4v) is 3.84. The molecular formula is C23H15ClF6N6O2. The third kappa shape index (κ3) is 4.98. The van der Waals surface area contributed by atoms with Crippen LogP contribution in [0.15, 0.2) is 42.6 Å². The predicted molar refractivity (Wildman–Crippen MR) is 124 cm³/mol. The van der Waals surface area contributed by atoms with Gasteiger partial charge in [0.2, 0.25) is 0 Å². The molecule has 4 aromatic rings. The molecule has 0 spiro atoms. The van der Waals surface area contributed by atoms with Crippen LogP contribution in [0.1, 0.15) is 37.8 Å². The third-order valence-electron chi connectivity index (χ3n) is 5.43. The molecule has 38 heavy (non-hydrogen) atoms. The number of nitrogens with one attached hydrogen (secondary N) is 2. The number of carbonyl (C=O) groups excluding carboxylic acids is 2. The van der Waals surface area contributed by atoms with Gasteiger partial charge in [0.05, 0.1) is 21.8 Å². The summed E-state index contributed by atoms with van der Waals surface area (Å²) in [5.74, 6) is -2.18. The van der Waals surface area contributed by atoms with Crippen LogP contribution in [0.4, 0.5) is 32.0 Å². The molecule has 198 valence electrons. The van der Waals surface area contributed by atoms with Gasteiger partial charge in [0.15, 0.2) is 11.5 Å². The Morgan fingerprint density at radius 3 is 2.26 bits per heavy atom. The normalized spacial score (nSPS) is 12.0. The van der Waals surface area contributed by atoms with Crippen molar-refractivity contribution in [3.63, 3.8) is 0 Å². The Hall–Kier alpha value is -4.20. The van der Waals surface area contributed by atoms with E-state index in [1.54, 1.807) is 0 Å². The molecular weight excluding hydrogens is 542 g/mol. The van der Waals surface area contributed by atoms with Crippen LogP contribution in [0.25, 0.3) is 16.7 Å². The monoisotopic (exact) mass is 556 g/mol. The fourth-order valence-electron chi connectivity index (χ4n) is 3.63. The SMILES string of the molecule is CNC(=O)c1cc2nc(C(F)(F)F)ccc2c(C)c1NC(=O)c1cc(C(F)(F)F)nn1-c1ncccc1Cl. The van der Waals surface area contributed by atoms with E-state index in [2.05, 4.69) is 25.7 Å². The molecule has 8 nitrogen and oxygen atoms in total. The highest BCUT2D eigenvalue weighted by Gasteiger charge is 2.37. The van der Waals surface area contributed by atoms with Gasteiger partial charge in [0.25, 0.3) is 11.8 Å². The van der Waals surface area contributed by atoms with Gasteiger partial charge in [-0.1, -0.05) is 17.7 Å². The van der Waals surface area contributed by atoms with Gasteiger partial charge < -0.3 is 10.6 Å². The van der Waals surface area contributed by atoms with Crippen LogP contribution in [0.5, 0.6) is 0 Å². The largest absolute Gasteiger partial charge is 0.435 e. The van der Waals surface area contributed by atoms with Crippen molar-refractivity contribution in [3.8, 4) is 5.82 Å². The Kier molecular flexibility index (Phi) is 6.78. The van der Waals surface area contributed by atoms with Gasteiger partial charge >= 0.3 is 12.4 Å². The summed E-state index contributed by atoms with van der Waals surface area (Å²) < 4.78 is 80.5. The summed E-state index contributed by atoms with van der Waals surface area (Å²) in [6.45, 7) is 1.41. The first-order valence-electron chi connectivity index (χ1n) is 10.6. The van der Waals surface area contributed by atoms with E-state index in [4.69, 9.17) is 11.6 Å². The van der Waals surface area contributed by atoms with Crippen LogP contribution < -0.4 is 10.6 Å². The highest BCUT2D eigenvalue weighted by atomic mass is 35.5. The number of aromatic nitrogens is 4. The zero-order chi connectivity index (χ0) is 28.0. The number of halogens is 7. The van der Waals surface area contributed by atoms with Crippen LogP contribution in [-0.2, 0) is 12.4 Å². The van der Waals surface area contributed by atoms with Crippen molar-refractivity contribution in [3.05, 3.63) is 75.8 Å². The van der Waals surface area contributed by atoms with Gasteiger partial charge in [-0.3, -0.25) is 9.59 Å². The predicted octanol–water partition coefficient (Wildman–Crippen LogP) is 5.43. The van der Waals surface area contributed by atoms with Crippen molar-refractivity contribution in [1.29, 1.82) is 0 Å². The molecule has 0 aliphatic carbocycles. The van der Waals surface area contributed by atoms with Crippen LogP contribution in [-0.4, -0.2) is 38.6 Å². The standard InChI is InChI=1S/C23H15ClF6N6O2/c1-10-11-5-6-16(22(25,26)27)33-14(11)8-12(20(37)31-2)18(10)34-21(38)15-9-17(23(28,29)30)35-36(15)19-13(24)4-3-7-32-19/h3-9H,1-2H3,(H,31,37)(H,34,38). The number of benzene rings is 1. The molecule has 1 aromatic carbocycles. The molecule has 0 atom stereocenters. The molecule has 2 N–H and O–H groups in total. The Labute approximate surface area is 214 Å². The summed E-state index contributed by atoms with van der Waals surface area (Å²) in [6.07, 6.45) is -8.43. The van der Waals surface area contributed by atoms with E-state index in [0.29, 0.717) is 10.7 Å². The average molecular weight is 557 g/mol. The lowest BCUT2D eigenvalue weighted by Gasteiger charge is -2.17. The molecule has 0 fully saturated rings. The number of carbonyl (C=O) groups is 2. The minimum absolute atomic E-state index is 0.0992. The molecule has 2 amide bonds. The number of amides is 2. The topological polar surface area (TPSA) is 102 Å². The minimum Gasteiger partial charge on any atom is -0.355 e. The number of nitrogens with zero attached hydrogens (tertiary/aromatic N) is 4. The molecule has 0 aliphatic rings. The maximum Gasteiger partial charge on any atom is 0.435 e. The molecule has 4 rings (SSSR count). The number of aryl methyl sites for hydroxylation is 1. The second kappa shape index (κ2) is 9.59. The average Bonchev–Trinajstić information content (AvgIpc) is 3.30. The second-order valence-corrected chi connectivity index (χ2v) is 8.26. The van der Waals surface area contributed by atoms with E-state index < -0.39 is 41.2 Å². The Morgan fingerprint density at radius 1 is 0.974 bits per heavy atom. The van der Waals surface area contributed by atoms with E-state index >= 15 is 0 Å². The number of rotatable bonds is 4. The second-order valence-electron chi connectivity index (χ2n) is 7.85. The lowest BCUT2D eigenvalue weighted by atomic mass is 10.0. The van der Waals surface area contributed by atoms with Crippen LogP contribution in [0.2, 0.25) is 5.02 Å². The zero-order valence-electron chi connectivity index (χ0n) is 19.3. The molecule has 0 radical (unpaired) electrons. The molecule has 0 bridgehead atoms. The van der Waals surface area contributed by atoms with Crippen molar-refractivity contribution in [2.45, 2.75) is 19.3 Å². The summed E-state index contributed by atoms with van der Waals surface area (Å²) in [5, 5.41) is 8.21. The third-order valence-corrected chi connectivity index (χ3v) is 5.72. The molecule has 0 saturated heterocycles. The first-order valence-corrected chi connectivity index (χ1v) is 10.9. The Bertz CT molecular complexity index is 1580. The van der Waals surface area contributed by atoms with Crippen molar-refractivity contribution in [1.82, 2.24) is 25.1 Å². The molecule has 15 heteroatoms. The smallest absolute Gasteiger partial charge is 0.355 e. The molecule has 0 aliphatic heterocycles. The highest BCUT2D eigenvalue weighted by molar-refractivity contribution is 6.32. The van der Waals surface area contributed by atoms with Crippen molar-refractivity contribution in [2.24, 2.45) is 0 Å². The van der Waals surface area contributed by atoms with E-state index in [0.717, 1.165) is 18.2 Å². The quantitative estimate of drug-likeness (QED) is 0.327. The lowest BCUT2D eigenvalue weighted by molar-refractivity contribution is -0.142. The Morgan fingerprint density at radius 2 is 1.66 bits per heavy atom. The molecule has 3 heterocycles. The maximum atomic E-state index is 13.5. The zero-order valence-corrected chi connectivity index (χ0v) is 20.0. The number of hydrogen-bond donors (Lipinski definition) is 2. The van der Waals surface area contributed by atoms with Gasteiger partial charge in [0.1, 0.15) is 11.4 Å². The summed E-state index contributed by atoms with van der Waals surface area (Å²) in [6, 6.07) is 6.12. The summed E-state index contributed by atoms with van der Waals surface area (Å²) in [5.41, 5.74) is -3.68. The highest BCUT2D eigenvalue weighted by Crippen LogP contribution is 2.35. The number of anilines is 1. The van der Waals surface area contributed by atoms with Crippen LogP contribution >= 0.6 is 11.6 Å². The first kappa shape index (κ1) is 26.9. The van der Waals surface area contributed by atoms with Crippen molar-refractivity contribution < 1.29 is 35.9 Å². The van der Waals surface area contributed by atoms with Crippen molar-refractivity contribution in [2.75, 3.05) is 12.4 Å². The lowest BCUT2D eigenvalue weighted by Crippen LogP contribution is -2.24. The van der Waals surface area contributed by atoms with Gasteiger partial charge in [-0.15, -0.1) is 0 Å². The van der Waals surface area contributed by atoms with Gasteiger partial charge in [-0.2, -0.15) is 31.4 Å². The van der Waals surface area contributed by atoms with Gasteiger partial charge in [-0.25, -0.2) is 14.6 Å². The Balaban J connectivity index is 1.87. The van der Waals surface area contributed by atoms with E-state index in [1.165, 1.54) is 32.3 Å². The van der Waals surface area contributed by atoms with E-state index in [9.17, 15) is 35.9 Å². The summed E-state index contributed by atoms with van der Waals surface area (Å²) >= 11 is 6.06. The van der Waals surface area contributed by atoms with Crippen molar-refractivity contribution >= 4 is 40.0 Å². The number of alkyl halides is 6. The molecule has 3 aromatic heterocycles. The van der Waals surface area contributed by atoms with Gasteiger partial charge in [-0.05, 0) is 36.8 Å². The molecule has 0 unspecified atom stereocenters. The van der Waals surface area contributed by atoms with Crippen LogP contribution in [0.3, 0.4) is 0 Å². The van der Waals surface area contributed by atoms with E-state index in [1.807, 2.05) is 0 Å². The number of hydrogen-bond acceptors (Lipinski definition) is 5. The maximum absolute atomic E-state index is 13.5. The number of fused-ring (bicyclic) bond motifs is 1. The fraction of sp³-hybridized carbons (Fsp3) is 0.174. The van der Waals surface area contributed by atoms with Crippen LogP contribution in [0, 0.1) is 6.92 Å². The summed E-state index contributed by atoms with van der Waals surface area (Å²) in [7, 11) is 1.25. The summed E-state index contributed by atoms with van der Waals surface area (Å²) in [4.78, 5) is 33.4. The minimum atomic E-state index is -4.92. The van der Waals surface area contributed by atoms with Gasteiger partial charge in [0, 0.05) is 24.7 Å². The number of pyridine rings is 2. The van der Waals surface area contributed by atoms with E-state index in [-0.39, 0.29) is 38.6 Å².